The van der Waals surface area contributed by atoms with Crippen LogP contribution in [0.1, 0.15) is 27.9 Å². The smallest absolute Gasteiger partial charge is 0.339 e. The van der Waals surface area contributed by atoms with Gasteiger partial charge in [-0.05, 0) is 61.3 Å². The van der Waals surface area contributed by atoms with Crippen molar-refractivity contribution in [3.05, 3.63) is 75.6 Å². The number of hydrogen-bond donors (Lipinski definition) is 1. The van der Waals surface area contributed by atoms with Gasteiger partial charge in [0, 0.05) is 22.6 Å². The van der Waals surface area contributed by atoms with Crippen LogP contribution < -0.4 is 15.7 Å². The number of fused-ring (bicyclic) bond motifs is 3. The fourth-order valence-electron chi connectivity index (χ4n) is 3.21. The van der Waals surface area contributed by atoms with Crippen LogP contribution in [0.25, 0.3) is 11.0 Å². The van der Waals surface area contributed by atoms with E-state index in [9.17, 15) is 9.59 Å². The summed E-state index contributed by atoms with van der Waals surface area (Å²) in [4.78, 5) is 24.2. The molecule has 0 radical (unpaired) electrons. The molecule has 1 N–H and O–H groups in total. The molecular formula is C20H15NO4S. The third-order valence-electron chi connectivity index (χ3n) is 4.41. The van der Waals surface area contributed by atoms with Crippen molar-refractivity contribution >= 4 is 34.3 Å². The summed E-state index contributed by atoms with van der Waals surface area (Å²) < 4.78 is 10.9. The van der Waals surface area contributed by atoms with E-state index in [1.54, 1.807) is 36.4 Å². The van der Waals surface area contributed by atoms with Gasteiger partial charge in [-0.25, -0.2) is 4.79 Å². The predicted molar refractivity (Wildman–Crippen MR) is 102 cm³/mol. The van der Waals surface area contributed by atoms with Gasteiger partial charge in [-0.3, -0.25) is 10.1 Å². The lowest BCUT2D eigenvalue weighted by Gasteiger charge is -2.10. The van der Waals surface area contributed by atoms with Crippen molar-refractivity contribution in [2.75, 3.05) is 0 Å². The van der Waals surface area contributed by atoms with Crippen molar-refractivity contribution in [2.24, 2.45) is 0 Å². The third kappa shape index (κ3) is 3.11. The largest absolute Gasteiger partial charge is 0.431 e. The van der Waals surface area contributed by atoms with E-state index >= 15 is 0 Å². The zero-order valence-corrected chi connectivity index (χ0v) is 14.6. The van der Waals surface area contributed by atoms with Crippen LogP contribution in [-0.4, -0.2) is 11.1 Å². The van der Waals surface area contributed by atoms with Crippen LogP contribution >= 0.6 is 12.2 Å². The highest BCUT2D eigenvalue weighted by Gasteiger charge is 2.20. The first-order chi connectivity index (χ1) is 12.6. The van der Waals surface area contributed by atoms with E-state index in [0.29, 0.717) is 16.9 Å². The van der Waals surface area contributed by atoms with Crippen molar-refractivity contribution in [3.8, 4) is 5.75 Å². The van der Waals surface area contributed by atoms with Gasteiger partial charge in [0.25, 0.3) is 11.1 Å². The van der Waals surface area contributed by atoms with Crippen LogP contribution in [0.3, 0.4) is 0 Å². The summed E-state index contributed by atoms with van der Waals surface area (Å²) in [5, 5.41) is 3.38. The van der Waals surface area contributed by atoms with Crippen molar-refractivity contribution in [2.45, 2.75) is 19.3 Å². The zero-order valence-electron chi connectivity index (χ0n) is 13.8. The molecule has 1 amide bonds. The van der Waals surface area contributed by atoms with Crippen LogP contribution in [0.2, 0.25) is 0 Å². The van der Waals surface area contributed by atoms with E-state index in [-0.39, 0.29) is 16.7 Å². The summed E-state index contributed by atoms with van der Waals surface area (Å²) in [6.45, 7) is 0. The number of aryl methyl sites for hydroxylation is 1. The molecule has 5 nitrogen and oxygen atoms in total. The van der Waals surface area contributed by atoms with Crippen molar-refractivity contribution in [3.63, 3.8) is 0 Å². The Hall–Kier alpha value is -2.99. The lowest BCUT2D eigenvalue weighted by atomic mass is 10.1. The summed E-state index contributed by atoms with van der Waals surface area (Å²) in [6.07, 6.45) is 2.61. The Morgan fingerprint density at radius 3 is 2.65 bits per heavy atom. The predicted octanol–water partition coefficient (Wildman–Crippen LogP) is 3.38. The lowest BCUT2D eigenvalue weighted by Crippen LogP contribution is -2.32. The molecule has 1 aliphatic carbocycles. The van der Waals surface area contributed by atoms with Crippen LogP contribution in [-0.2, 0) is 12.8 Å². The number of thiocarbonyl (C=S) groups is 1. The number of amides is 1. The second-order valence-corrected chi connectivity index (χ2v) is 6.44. The molecule has 0 saturated heterocycles. The molecule has 6 heteroatoms. The fraction of sp³-hybridized carbons (Fsp3) is 0.150. The fourth-order valence-corrected chi connectivity index (χ4v) is 3.40. The standard InChI is InChI=1S/C20H15NO4S/c22-18(12-5-2-1-3-6-12)21-20(26)24-13-9-10-15-14-7-4-8-16(14)19(23)25-17(15)11-13/h1-3,5-6,9-11H,4,7-8H2,(H,21,22,26). The lowest BCUT2D eigenvalue weighted by molar-refractivity contribution is 0.0973. The second kappa shape index (κ2) is 6.72. The monoisotopic (exact) mass is 365 g/mol. The Morgan fingerprint density at radius 1 is 1.08 bits per heavy atom. The molecular weight excluding hydrogens is 350 g/mol. The first kappa shape index (κ1) is 16.5. The maximum absolute atomic E-state index is 12.1. The minimum Gasteiger partial charge on any atom is -0.431 e. The molecule has 0 saturated carbocycles. The Kier molecular flexibility index (Phi) is 4.26. The maximum Gasteiger partial charge on any atom is 0.339 e. The molecule has 1 aromatic heterocycles. The van der Waals surface area contributed by atoms with Gasteiger partial charge in [-0.1, -0.05) is 18.2 Å². The molecule has 4 rings (SSSR count). The Morgan fingerprint density at radius 2 is 1.85 bits per heavy atom. The number of benzene rings is 2. The van der Waals surface area contributed by atoms with E-state index in [2.05, 4.69) is 5.32 Å². The number of hydrogen-bond acceptors (Lipinski definition) is 5. The minimum absolute atomic E-state index is 0.0679. The van der Waals surface area contributed by atoms with Gasteiger partial charge in [0.1, 0.15) is 11.3 Å². The first-order valence-electron chi connectivity index (χ1n) is 8.28. The van der Waals surface area contributed by atoms with Gasteiger partial charge in [-0.2, -0.15) is 0 Å². The molecule has 26 heavy (non-hydrogen) atoms. The summed E-state index contributed by atoms with van der Waals surface area (Å²) >= 11 is 5.09. The van der Waals surface area contributed by atoms with Crippen LogP contribution in [0, 0.1) is 0 Å². The highest BCUT2D eigenvalue weighted by molar-refractivity contribution is 7.80. The van der Waals surface area contributed by atoms with Crippen LogP contribution in [0.4, 0.5) is 0 Å². The summed E-state index contributed by atoms with van der Waals surface area (Å²) in [6, 6.07) is 14.0. The van der Waals surface area contributed by atoms with E-state index < -0.39 is 0 Å². The number of ether oxygens (including phenoxy) is 1. The average Bonchev–Trinajstić information content (AvgIpc) is 3.13. The third-order valence-corrected chi connectivity index (χ3v) is 4.59. The quantitative estimate of drug-likeness (QED) is 0.557. The topological polar surface area (TPSA) is 68.5 Å². The number of nitrogens with one attached hydrogen (secondary N) is 1. The highest BCUT2D eigenvalue weighted by Crippen LogP contribution is 2.29. The normalized spacial score (nSPS) is 12.6. The molecule has 1 heterocycles. The van der Waals surface area contributed by atoms with E-state index in [0.717, 1.165) is 35.8 Å². The maximum atomic E-state index is 12.1. The highest BCUT2D eigenvalue weighted by atomic mass is 32.1. The molecule has 0 atom stereocenters. The molecule has 3 aromatic rings. The van der Waals surface area contributed by atoms with E-state index in [4.69, 9.17) is 21.4 Å². The summed E-state index contributed by atoms with van der Waals surface area (Å²) in [7, 11) is 0. The molecule has 2 aromatic carbocycles. The second-order valence-electron chi connectivity index (χ2n) is 6.07. The molecule has 0 spiro atoms. The van der Waals surface area contributed by atoms with Crippen molar-refractivity contribution < 1.29 is 13.9 Å². The molecule has 0 fully saturated rings. The van der Waals surface area contributed by atoms with Gasteiger partial charge < -0.3 is 9.15 Å². The van der Waals surface area contributed by atoms with Crippen molar-refractivity contribution in [1.29, 1.82) is 0 Å². The number of carbonyl (C=O) groups excluding carboxylic acids is 1. The van der Waals surface area contributed by atoms with Crippen LogP contribution in [0.5, 0.6) is 5.75 Å². The Labute approximate surface area is 154 Å². The van der Waals surface area contributed by atoms with Crippen LogP contribution in [0.15, 0.2) is 57.7 Å². The van der Waals surface area contributed by atoms with Crippen molar-refractivity contribution in [1.82, 2.24) is 5.32 Å². The van der Waals surface area contributed by atoms with E-state index in [1.807, 2.05) is 12.1 Å². The molecule has 0 aliphatic heterocycles. The van der Waals surface area contributed by atoms with Gasteiger partial charge in [0.05, 0.1) is 0 Å². The summed E-state index contributed by atoms with van der Waals surface area (Å²) in [5.41, 5.74) is 2.49. The molecule has 130 valence electrons. The minimum atomic E-state index is -0.347. The number of carbonyl (C=O) groups is 1. The SMILES string of the molecule is O=C(NC(=S)Oc1ccc2c3c(c(=O)oc2c1)CCC3)c1ccccc1. The van der Waals surface area contributed by atoms with Gasteiger partial charge in [0.15, 0.2) is 0 Å². The molecule has 0 bridgehead atoms. The van der Waals surface area contributed by atoms with Gasteiger partial charge in [0.2, 0.25) is 0 Å². The molecule has 1 aliphatic rings. The average molecular weight is 365 g/mol. The summed E-state index contributed by atoms with van der Waals surface area (Å²) in [5.74, 6) is 0.0534. The Bertz CT molecular complexity index is 1070. The first-order valence-corrected chi connectivity index (χ1v) is 8.69. The molecule has 0 unspecified atom stereocenters. The Balaban J connectivity index is 1.54. The van der Waals surface area contributed by atoms with E-state index in [1.165, 1.54) is 0 Å². The van der Waals surface area contributed by atoms with Gasteiger partial charge >= 0.3 is 5.63 Å². The zero-order chi connectivity index (χ0) is 18.1. The van der Waals surface area contributed by atoms with Gasteiger partial charge in [-0.15, -0.1) is 0 Å². The number of rotatable bonds is 2.